The number of benzene rings is 2. The van der Waals surface area contributed by atoms with Crippen LogP contribution in [0.15, 0.2) is 60.7 Å². The molecule has 23 heavy (non-hydrogen) atoms. The second-order valence-electron chi connectivity index (χ2n) is 6.03. The first kappa shape index (κ1) is 16.9. The van der Waals surface area contributed by atoms with Crippen LogP contribution >= 0.6 is 23.5 Å². The molecule has 1 saturated heterocycles. The maximum absolute atomic E-state index is 11.6. The Kier molecular flexibility index (Phi) is 5.34. The van der Waals surface area contributed by atoms with E-state index in [4.69, 9.17) is 0 Å². The smallest absolute Gasteiger partial charge is 0.143 e. The predicted molar refractivity (Wildman–Crippen MR) is 107 cm³/mol. The highest BCUT2D eigenvalue weighted by atomic mass is 32.2. The van der Waals surface area contributed by atoms with Gasteiger partial charge in [-0.05, 0) is 17.9 Å². The van der Waals surface area contributed by atoms with Crippen LogP contribution in [0.25, 0.3) is 0 Å². The van der Waals surface area contributed by atoms with Crippen molar-refractivity contribution in [2.45, 2.75) is 23.1 Å². The Bertz CT molecular complexity index is 599. The highest BCUT2D eigenvalue weighted by Gasteiger charge is 2.53. The van der Waals surface area contributed by atoms with Crippen LogP contribution in [0.3, 0.4) is 0 Å². The van der Waals surface area contributed by atoms with E-state index in [-0.39, 0.29) is 3.70 Å². The van der Waals surface area contributed by atoms with Crippen molar-refractivity contribution in [3.8, 4) is 0 Å². The van der Waals surface area contributed by atoms with Crippen molar-refractivity contribution in [2.75, 3.05) is 11.5 Å². The number of hydrogen-bond donors (Lipinski definition) is 0. The Labute approximate surface area is 148 Å². The summed E-state index contributed by atoms with van der Waals surface area (Å²) >= 11 is 4.05. The second-order valence-corrected chi connectivity index (χ2v) is 14.1. The van der Waals surface area contributed by atoms with Crippen LogP contribution in [0.4, 0.5) is 0 Å². The van der Waals surface area contributed by atoms with E-state index in [0.29, 0.717) is 6.42 Å². The van der Waals surface area contributed by atoms with Gasteiger partial charge in [0.15, 0.2) is 0 Å². The van der Waals surface area contributed by atoms with Crippen molar-refractivity contribution in [1.29, 1.82) is 0 Å². The first-order valence-corrected chi connectivity index (χ1v) is 12.5. The summed E-state index contributed by atoms with van der Waals surface area (Å²) in [6, 6.07) is 21.8. The molecular weight excluding hydrogens is 336 g/mol. The van der Waals surface area contributed by atoms with Crippen LogP contribution in [0.1, 0.15) is 12.8 Å². The average molecular weight is 359 g/mol. The van der Waals surface area contributed by atoms with Crippen molar-refractivity contribution in [1.82, 2.24) is 0 Å². The lowest BCUT2D eigenvalue weighted by molar-refractivity contribution is -0.107. The van der Waals surface area contributed by atoms with E-state index in [2.05, 4.69) is 67.2 Å². The van der Waals surface area contributed by atoms with Gasteiger partial charge in [0.25, 0.3) is 0 Å². The summed E-state index contributed by atoms with van der Waals surface area (Å²) in [7, 11) is -2.08. The number of rotatable bonds is 5. The number of hydrogen-bond acceptors (Lipinski definition) is 3. The highest BCUT2D eigenvalue weighted by Crippen LogP contribution is 2.50. The Hall–Kier alpha value is -0.973. The van der Waals surface area contributed by atoms with E-state index >= 15 is 0 Å². The molecule has 0 aliphatic carbocycles. The van der Waals surface area contributed by atoms with E-state index in [1.807, 2.05) is 23.5 Å². The highest BCUT2D eigenvalue weighted by molar-refractivity contribution is 8.21. The summed E-state index contributed by atoms with van der Waals surface area (Å²) in [4.78, 5) is 11.6. The summed E-state index contributed by atoms with van der Waals surface area (Å²) in [6.07, 6.45) is 3.02. The fourth-order valence-electron chi connectivity index (χ4n) is 3.44. The molecule has 1 heterocycles. The third kappa shape index (κ3) is 3.04. The van der Waals surface area contributed by atoms with Gasteiger partial charge in [-0.1, -0.05) is 77.6 Å². The summed E-state index contributed by atoms with van der Waals surface area (Å²) in [5.41, 5.74) is 0. The molecule has 0 unspecified atom stereocenters. The van der Waals surface area contributed by atoms with Gasteiger partial charge >= 0.3 is 0 Å². The Morgan fingerprint density at radius 3 is 1.87 bits per heavy atom. The molecule has 1 nitrogen and oxygen atoms in total. The van der Waals surface area contributed by atoms with Gasteiger partial charge in [-0.25, -0.2) is 0 Å². The molecule has 0 amide bonds. The Morgan fingerprint density at radius 1 is 0.957 bits per heavy atom. The van der Waals surface area contributed by atoms with Crippen LogP contribution in [0.2, 0.25) is 6.55 Å². The standard InChI is InChI=1S/C19H22OS2Si/c1-23(17-9-4-2-5-10-17,18-11-6-3-7-12-18)19(13-14-20)21-15-8-16-22-19/h2-7,9-12,14H,8,13,15-16H2,1H3. The third-order valence-electron chi connectivity index (χ3n) is 4.78. The predicted octanol–water partition coefficient (Wildman–Crippen LogP) is 3.57. The summed E-state index contributed by atoms with van der Waals surface area (Å²) in [6.45, 7) is 2.45. The second kappa shape index (κ2) is 7.28. The maximum Gasteiger partial charge on any atom is 0.143 e. The van der Waals surface area contributed by atoms with Gasteiger partial charge < -0.3 is 4.79 Å². The van der Waals surface area contributed by atoms with Crippen molar-refractivity contribution < 1.29 is 4.79 Å². The monoisotopic (exact) mass is 358 g/mol. The van der Waals surface area contributed by atoms with E-state index < -0.39 is 8.07 Å². The van der Waals surface area contributed by atoms with Gasteiger partial charge in [-0.2, -0.15) is 0 Å². The van der Waals surface area contributed by atoms with Crippen LogP contribution < -0.4 is 10.4 Å². The molecular formula is C19H22OS2Si. The van der Waals surface area contributed by atoms with Crippen LogP contribution in [0, 0.1) is 0 Å². The lowest BCUT2D eigenvalue weighted by Gasteiger charge is -2.48. The van der Waals surface area contributed by atoms with E-state index in [0.717, 1.165) is 17.8 Å². The van der Waals surface area contributed by atoms with Gasteiger partial charge in [-0.15, -0.1) is 23.5 Å². The fourth-order valence-corrected chi connectivity index (χ4v) is 13.8. The molecule has 0 bridgehead atoms. The van der Waals surface area contributed by atoms with Gasteiger partial charge in [0.2, 0.25) is 0 Å². The van der Waals surface area contributed by atoms with Crippen LogP contribution in [-0.4, -0.2) is 29.6 Å². The van der Waals surface area contributed by atoms with Gasteiger partial charge in [0.05, 0.1) is 3.70 Å². The zero-order valence-electron chi connectivity index (χ0n) is 13.4. The van der Waals surface area contributed by atoms with E-state index in [1.54, 1.807) is 0 Å². The average Bonchev–Trinajstić information content (AvgIpc) is 2.63. The summed E-state index contributed by atoms with van der Waals surface area (Å²) < 4.78 is -0.00426. The molecule has 1 aliphatic rings. The van der Waals surface area contributed by atoms with Crippen LogP contribution in [0.5, 0.6) is 0 Å². The molecule has 3 rings (SSSR count). The molecule has 120 valence electrons. The molecule has 1 fully saturated rings. The molecule has 0 radical (unpaired) electrons. The summed E-state index contributed by atoms with van der Waals surface area (Å²) in [5.74, 6) is 2.31. The molecule has 0 saturated carbocycles. The van der Waals surface area contributed by atoms with Gasteiger partial charge in [0.1, 0.15) is 14.4 Å². The molecule has 0 atom stereocenters. The van der Waals surface area contributed by atoms with Crippen molar-refractivity contribution >= 4 is 48.3 Å². The largest absolute Gasteiger partial charge is 0.303 e. The normalized spacial score (nSPS) is 17.6. The molecule has 2 aromatic rings. The number of aldehydes is 1. The Morgan fingerprint density at radius 2 is 1.43 bits per heavy atom. The number of carbonyl (C=O) groups excluding carboxylic acids is 1. The number of carbonyl (C=O) groups is 1. The quantitative estimate of drug-likeness (QED) is 0.601. The minimum absolute atomic E-state index is 0.00426. The van der Waals surface area contributed by atoms with E-state index in [1.165, 1.54) is 16.8 Å². The minimum Gasteiger partial charge on any atom is -0.303 e. The molecule has 0 N–H and O–H groups in total. The van der Waals surface area contributed by atoms with Crippen molar-refractivity contribution in [2.24, 2.45) is 0 Å². The lowest BCUT2D eigenvalue weighted by atomic mass is 10.4. The molecule has 0 aromatic heterocycles. The number of thioether (sulfide) groups is 2. The van der Waals surface area contributed by atoms with Crippen LogP contribution in [-0.2, 0) is 4.79 Å². The molecule has 1 aliphatic heterocycles. The third-order valence-corrected chi connectivity index (χ3v) is 15.8. The summed E-state index contributed by atoms with van der Waals surface area (Å²) in [5, 5.41) is 2.85. The maximum atomic E-state index is 11.6. The lowest BCUT2D eigenvalue weighted by Crippen LogP contribution is -2.69. The van der Waals surface area contributed by atoms with Gasteiger partial charge in [0, 0.05) is 6.42 Å². The van der Waals surface area contributed by atoms with Gasteiger partial charge in [-0.3, -0.25) is 0 Å². The minimum atomic E-state index is -2.08. The zero-order valence-corrected chi connectivity index (χ0v) is 16.0. The van der Waals surface area contributed by atoms with Crippen molar-refractivity contribution in [3.05, 3.63) is 60.7 Å². The first-order valence-electron chi connectivity index (χ1n) is 8.05. The molecule has 0 spiro atoms. The SMILES string of the molecule is C[Si](c1ccccc1)(c1ccccc1)C1(CC=O)SCCCS1. The zero-order chi connectivity index (χ0) is 16.2. The Balaban J connectivity index is 2.20. The molecule has 2 aromatic carbocycles. The first-order chi connectivity index (χ1) is 11.2. The fraction of sp³-hybridized carbons (Fsp3) is 0.316. The van der Waals surface area contributed by atoms with Crippen molar-refractivity contribution in [3.63, 3.8) is 0 Å². The topological polar surface area (TPSA) is 17.1 Å². The molecule has 4 heteroatoms. The van der Waals surface area contributed by atoms with E-state index in [9.17, 15) is 4.79 Å².